The van der Waals surface area contributed by atoms with Crippen molar-refractivity contribution in [2.24, 2.45) is 0 Å². The highest BCUT2D eigenvalue weighted by molar-refractivity contribution is 5.99. The minimum atomic E-state index is -1.43. The molecule has 2 aromatic carbocycles. The van der Waals surface area contributed by atoms with Crippen LogP contribution in [-0.2, 0) is 35.2 Å². The molecule has 2 atom stereocenters. The summed E-state index contributed by atoms with van der Waals surface area (Å²) in [6.45, 7) is 9.99. The molecule has 0 aliphatic heterocycles. The topological polar surface area (TPSA) is 159 Å². The molecule has 1 heterocycles. The average Bonchev–Trinajstić information content (AvgIpc) is 3.43. The third-order valence-electron chi connectivity index (χ3n) is 6.47. The van der Waals surface area contributed by atoms with Crippen LogP contribution in [0.15, 0.2) is 67.0 Å². The standard InChI is InChI=1S/C33H43N5O8/c1-8-45-29(40)27(23-14-16-25(43-7)17-15-23)38-19-24(18-34-38)35-28(39)26(21-44-20-22-12-10-9-11-13-22)36-30(41)33(5,6)37-31(42)46-32(2,3)4/h9-19,26-27H,8,20-21H2,1-7H3,(H,35,39)(H,36,41)(H,37,42). The SMILES string of the molecule is CCOC(=O)C(c1ccc(OC)cc1)n1cc(NC(=O)C(COCc2ccccc2)NC(=O)C(C)(C)NC(=O)OC(C)(C)C)cn1. The van der Waals surface area contributed by atoms with Gasteiger partial charge in [0.25, 0.3) is 0 Å². The number of carbonyl (C=O) groups excluding carboxylic acids is 4. The van der Waals surface area contributed by atoms with Gasteiger partial charge in [-0.25, -0.2) is 9.59 Å². The summed E-state index contributed by atoms with van der Waals surface area (Å²) in [5, 5.41) is 12.2. The van der Waals surface area contributed by atoms with Crippen molar-refractivity contribution >= 4 is 29.6 Å². The predicted octanol–water partition coefficient (Wildman–Crippen LogP) is 3.99. The summed E-state index contributed by atoms with van der Waals surface area (Å²) in [7, 11) is 1.54. The largest absolute Gasteiger partial charge is 0.497 e. The Balaban J connectivity index is 1.79. The number of hydrogen-bond acceptors (Lipinski definition) is 9. The summed E-state index contributed by atoms with van der Waals surface area (Å²) in [6.07, 6.45) is 2.08. The van der Waals surface area contributed by atoms with E-state index in [1.807, 2.05) is 30.3 Å². The molecular formula is C33H43N5O8. The van der Waals surface area contributed by atoms with Gasteiger partial charge in [-0.05, 0) is 64.8 Å². The number of hydrogen-bond donors (Lipinski definition) is 3. The van der Waals surface area contributed by atoms with Crippen LogP contribution in [0, 0.1) is 0 Å². The first-order valence-corrected chi connectivity index (χ1v) is 14.8. The Kier molecular flexibility index (Phi) is 12.3. The van der Waals surface area contributed by atoms with Crippen molar-refractivity contribution < 1.29 is 38.1 Å². The van der Waals surface area contributed by atoms with Crippen LogP contribution in [0.1, 0.15) is 58.7 Å². The maximum absolute atomic E-state index is 13.5. The minimum absolute atomic E-state index is 0.167. The van der Waals surface area contributed by atoms with Gasteiger partial charge < -0.3 is 34.9 Å². The first-order valence-electron chi connectivity index (χ1n) is 14.8. The van der Waals surface area contributed by atoms with E-state index in [0.717, 1.165) is 5.56 Å². The summed E-state index contributed by atoms with van der Waals surface area (Å²) in [5.74, 6) is -1.16. The summed E-state index contributed by atoms with van der Waals surface area (Å²) >= 11 is 0. The fourth-order valence-electron chi connectivity index (χ4n) is 4.18. The van der Waals surface area contributed by atoms with E-state index in [1.165, 1.54) is 30.9 Å². The monoisotopic (exact) mass is 637 g/mol. The van der Waals surface area contributed by atoms with Gasteiger partial charge in [0.15, 0.2) is 6.04 Å². The third kappa shape index (κ3) is 10.6. The van der Waals surface area contributed by atoms with E-state index >= 15 is 0 Å². The maximum atomic E-state index is 13.5. The van der Waals surface area contributed by atoms with Crippen molar-refractivity contribution in [1.82, 2.24) is 20.4 Å². The second-order valence-electron chi connectivity index (χ2n) is 11.9. The minimum Gasteiger partial charge on any atom is -0.497 e. The van der Waals surface area contributed by atoms with Gasteiger partial charge in [-0.15, -0.1) is 0 Å². The van der Waals surface area contributed by atoms with Crippen LogP contribution in [0.4, 0.5) is 10.5 Å². The summed E-state index contributed by atoms with van der Waals surface area (Å²) in [5.41, 5.74) is -0.462. The molecule has 0 saturated heterocycles. The number of esters is 1. The molecule has 3 rings (SSSR count). The molecule has 1 aromatic heterocycles. The lowest BCUT2D eigenvalue weighted by atomic mass is 10.0. The van der Waals surface area contributed by atoms with Crippen LogP contribution >= 0.6 is 0 Å². The lowest BCUT2D eigenvalue weighted by Crippen LogP contribution is -2.59. The Bertz CT molecular complexity index is 1470. The molecule has 0 aliphatic rings. The van der Waals surface area contributed by atoms with Gasteiger partial charge in [0.2, 0.25) is 11.8 Å². The van der Waals surface area contributed by atoms with E-state index in [-0.39, 0.29) is 25.5 Å². The van der Waals surface area contributed by atoms with Crippen LogP contribution < -0.4 is 20.7 Å². The van der Waals surface area contributed by atoms with Crippen molar-refractivity contribution in [2.45, 2.75) is 71.4 Å². The van der Waals surface area contributed by atoms with Gasteiger partial charge >= 0.3 is 12.1 Å². The number of alkyl carbamates (subject to hydrolysis) is 1. The maximum Gasteiger partial charge on any atom is 0.408 e. The first kappa shape index (κ1) is 35.6. The second kappa shape index (κ2) is 15.9. The molecule has 13 nitrogen and oxygen atoms in total. The Morgan fingerprint density at radius 1 is 0.957 bits per heavy atom. The smallest absolute Gasteiger partial charge is 0.408 e. The zero-order valence-electron chi connectivity index (χ0n) is 27.3. The van der Waals surface area contributed by atoms with E-state index in [2.05, 4.69) is 21.0 Å². The van der Waals surface area contributed by atoms with Gasteiger partial charge in [0, 0.05) is 6.20 Å². The van der Waals surface area contributed by atoms with Gasteiger partial charge in [-0.1, -0.05) is 42.5 Å². The Hall–Kier alpha value is -4.91. The van der Waals surface area contributed by atoms with Crippen LogP contribution in [0.2, 0.25) is 0 Å². The molecule has 46 heavy (non-hydrogen) atoms. The molecule has 2 unspecified atom stereocenters. The van der Waals surface area contributed by atoms with Crippen molar-refractivity contribution in [3.8, 4) is 5.75 Å². The highest BCUT2D eigenvalue weighted by Crippen LogP contribution is 2.24. The average molecular weight is 638 g/mol. The van der Waals surface area contributed by atoms with Crippen LogP contribution in [0.3, 0.4) is 0 Å². The number of nitrogens with zero attached hydrogens (tertiary/aromatic N) is 2. The zero-order valence-corrected chi connectivity index (χ0v) is 27.3. The van der Waals surface area contributed by atoms with Gasteiger partial charge in [-0.2, -0.15) is 5.10 Å². The molecule has 0 saturated carbocycles. The zero-order chi connectivity index (χ0) is 33.9. The lowest BCUT2D eigenvalue weighted by molar-refractivity contribution is -0.146. The molecule has 13 heteroatoms. The molecule has 3 N–H and O–H groups in total. The van der Waals surface area contributed by atoms with E-state index in [9.17, 15) is 19.2 Å². The quantitative estimate of drug-likeness (QED) is 0.222. The van der Waals surface area contributed by atoms with E-state index in [1.54, 1.807) is 59.1 Å². The molecular weight excluding hydrogens is 594 g/mol. The third-order valence-corrected chi connectivity index (χ3v) is 6.47. The molecule has 3 aromatic rings. The highest BCUT2D eigenvalue weighted by atomic mass is 16.6. The lowest BCUT2D eigenvalue weighted by Gasteiger charge is -2.29. The number of amides is 3. The van der Waals surface area contributed by atoms with Gasteiger partial charge in [-0.3, -0.25) is 14.3 Å². The fourth-order valence-corrected chi connectivity index (χ4v) is 4.18. The molecule has 0 spiro atoms. The number of rotatable bonds is 14. The van der Waals surface area contributed by atoms with Crippen molar-refractivity contribution in [3.05, 3.63) is 78.1 Å². The number of methoxy groups -OCH3 is 1. The highest BCUT2D eigenvalue weighted by Gasteiger charge is 2.35. The molecule has 0 bridgehead atoms. The van der Waals surface area contributed by atoms with Crippen molar-refractivity contribution in [3.63, 3.8) is 0 Å². The molecule has 248 valence electrons. The number of ether oxygens (including phenoxy) is 4. The van der Waals surface area contributed by atoms with E-state index in [4.69, 9.17) is 18.9 Å². The molecule has 3 amide bonds. The van der Waals surface area contributed by atoms with E-state index < -0.39 is 47.1 Å². The summed E-state index contributed by atoms with van der Waals surface area (Å²) < 4.78 is 23.0. The van der Waals surface area contributed by atoms with Crippen molar-refractivity contribution in [1.29, 1.82) is 0 Å². The number of anilines is 1. The first-order chi connectivity index (χ1) is 21.7. The van der Waals surface area contributed by atoms with Crippen molar-refractivity contribution in [2.75, 3.05) is 25.6 Å². The Morgan fingerprint density at radius 2 is 1.63 bits per heavy atom. The Morgan fingerprint density at radius 3 is 2.24 bits per heavy atom. The number of nitrogens with one attached hydrogen (secondary N) is 3. The van der Waals surface area contributed by atoms with Crippen LogP contribution in [0.25, 0.3) is 0 Å². The summed E-state index contributed by atoms with van der Waals surface area (Å²) in [4.78, 5) is 52.1. The Labute approximate surface area is 268 Å². The molecule has 0 fully saturated rings. The summed E-state index contributed by atoms with van der Waals surface area (Å²) in [6, 6.07) is 14.1. The molecule has 0 radical (unpaired) electrons. The normalized spacial score (nSPS) is 12.8. The fraction of sp³-hybridized carbons (Fsp3) is 0.424. The van der Waals surface area contributed by atoms with Gasteiger partial charge in [0.1, 0.15) is 22.9 Å². The molecule has 0 aliphatic carbocycles. The number of benzene rings is 2. The van der Waals surface area contributed by atoms with Crippen LogP contribution in [0.5, 0.6) is 5.75 Å². The van der Waals surface area contributed by atoms with Gasteiger partial charge in [0.05, 0.1) is 38.8 Å². The number of carbonyl (C=O) groups is 4. The van der Waals surface area contributed by atoms with Crippen LogP contribution in [-0.4, -0.2) is 71.2 Å². The van der Waals surface area contributed by atoms with E-state index in [0.29, 0.717) is 11.3 Å². The predicted molar refractivity (Wildman–Crippen MR) is 170 cm³/mol. The second-order valence-corrected chi connectivity index (χ2v) is 11.9. The number of aromatic nitrogens is 2.